The van der Waals surface area contributed by atoms with E-state index in [1.54, 1.807) is 0 Å². The van der Waals surface area contributed by atoms with Gasteiger partial charge in [-0.1, -0.05) is 22.9 Å². The van der Waals surface area contributed by atoms with Crippen molar-refractivity contribution < 1.29 is 4.74 Å². The summed E-state index contributed by atoms with van der Waals surface area (Å²) >= 11 is 3.48. The van der Waals surface area contributed by atoms with Crippen LogP contribution in [0.1, 0.15) is 39.0 Å². The Labute approximate surface area is 95.9 Å². The Morgan fingerprint density at radius 1 is 1.57 bits per heavy atom. The van der Waals surface area contributed by atoms with Crippen LogP contribution in [0, 0.1) is 0 Å². The molecule has 0 aromatic heterocycles. The quantitative estimate of drug-likeness (QED) is 0.714. The van der Waals surface area contributed by atoms with Crippen LogP contribution in [0.2, 0.25) is 0 Å². The summed E-state index contributed by atoms with van der Waals surface area (Å²) in [6.07, 6.45) is 6.67. The van der Waals surface area contributed by atoms with E-state index in [1.807, 2.05) is 0 Å². The maximum atomic E-state index is 5.58. The molecule has 0 bridgehead atoms. The summed E-state index contributed by atoms with van der Waals surface area (Å²) in [6, 6.07) is 0.677. The number of rotatable bonds is 7. The Hall–Kier alpha value is 0.400. The molecule has 1 rings (SSSR count). The SMILES string of the molecule is CCC(CCBr)NCCC1CCCO1. The predicted molar refractivity (Wildman–Crippen MR) is 64.1 cm³/mol. The third kappa shape index (κ3) is 4.76. The van der Waals surface area contributed by atoms with E-state index >= 15 is 0 Å². The van der Waals surface area contributed by atoms with Crippen LogP contribution < -0.4 is 5.32 Å². The van der Waals surface area contributed by atoms with Gasteiger partial charge in [0.05, 0.1) is 6.10 Å². The minimum Gasteiger partial charge on any atom is -0.378 e. The van der Waals surface area contributed by atoms with Gasteiger partial charge in [-0.2, -0.15) is 0 Å². The maximum Gasteiger partial charge on any atom is 0.0588 e. The monoisotopic (exact) mass is 263 g/mol. The van der Waals surface area contributed by atoms with Crippen molar-refractivity contribution in [2.24, 2.45) is 0 Å². The Bertz CT molecular complexity index is 137. The maximum absolute atomic E-state index is 5.58. The first-order valence-corrected chi connectivity index (χ1v) is 6.90. The highest BCUT2D eigenvalue weighted by Gasteiger charge is 2.15. The molecule has 0 spiro atoms. The summed E-state index contributed by atoms with van der Waals surface area (Å²) < 4.78 is 5.58. The molecule has 1 saturated heterocycles. The van der Waals surface area contributed by atoms with Gasteiger partial charge in [-0.25, -0.2) is 0 Å². The molecule has 3 heteroatoms. The molecule has 0 aromatic carbocycles. The van der Waals surface area contributed by atoms with Gasteiger partial charge in [0.2, 0.25) is 0 Å². The Kier molecular flexibility index (Phi) is 6.82. The summed E-state index contributed by atoms with van der Waals surface area (Å²) in [4.78, 5) is 0. The van der Waals surface area contributed by atoms with E-state index in [0.717, 1.165) is 18.5 Å². The van der Waals surface area contributed by atoms with Crippen LogP contribution in [-0.4, -0.2) is 30.6 Å². The number of ether oxygens (including phenoxy) is 1. The van der Waals surface area contributed by atoms with Gasteiger partial charge in [0.25, 0.3) is 0 Å². The molecule has 0 aliphatic carbocycles. The molecule has 1 aliphatic heterocycles. The van der Waals surface area contributed by atoms with E-state index in [4.69, 9.17) is 4.74 Å². The lowest BCUT2D eigenvalue weighted by atomic mass is 10.1. The zero-order valence-corrected chi connectivity index (χ0v) is 10.7. The second kappa shape index (κ2) is 7.66. The molecular formula is C11H22BrNO. The first-order valence-electron chi connectivity index (χ1n) is 5.77. The van der Waals surface area contributed by atoms with Gasteiger partial charge < -0.3 is 10.1 Å². The van der Waals surface area contributed by atoms with E-state index in [2.05, 4.69) is 28.2 Å². The number of halogens is 1. The lowest BCUT2D eigenvalue weighted by molar-refractivity contribution is 0.103. The van der Waals surface area contributed by atoms with Crippen LogP contribution in [0.3, 0.4) is 0 Å². The van der Waals surface area contributed by atoms with Gasteiger partial charge in [-0.15, -0.1) is 0 Å². The van der Waals surface area contributed by atoms with Crippen LogP contribution in [-0.2, 0) is 4.74 Å². The van der Waals surface area contributed by atoms with Crippen molar-refractivity contribution in [3.63, 3.8) is 0 Å². The zero-order chi connectivity index (χ0) is 10.2. The Morgan fingerprint density at radius 3 is 3.00 bits per heavy atom. The summed E-state index contributed by atoms with van der Waals surface area (Å²) in [5.41, 5.74) is 0. The first-order chi connectivity index (χ1) is 6.86. The van der Waals surface area contributed by atoms with Crippen molar-refractivity contribution in [3.05, 3.63) is 0 Å². The molecule has 1 heterocycles. The third-order valence-corrected chi connectivity index (χ3v) is 3.33. The van der Waals surface area contributed by atoms with Crippen molar-refractivity contribution in [1.29, 1.82) is 0 Å². The average Bonchev–Trinajstić information content (AvgIpc) is 2.69. The van der Waals surface area contributed by atoms with Crippen molar-refractivity contribution >= 4 is 15.9 Å². The Morgan fingerprint density at radius 2 is 2.43 bits per heavy atom. The molecule has 1 N–H and O–H groups in total. The topological polar surface area (TPSA) is 21.3 Å². The fraction of sp³-hybridized carbons (Fsp3) is 1.00. The molecule has 2 nitrogen and oxygen atoms in total. The third-order valence-electron chi connectivity index (χ3n) is 2.87. The highest BCUT2D eigenvalue weighted by molar-refractivity contribution is 9.09. The summed E-state index contributed by atoms with van der Waals surface area (Å²) in [5, 5.41) is 4.68. The fourth-order valence-electron chi connectivity index (χ4n) is 1.90. The highest BCUT2D eigenvalue weighted by Crippen LogP contribution is 2.14. The molecule has 84 valence electrons. The minimum atomic E-state index is 0.531. The number of hydrogen-bond donors (Lipinski definition) is 1. The van der Waals surface area contributed by atoms with Gasteiger partial charge >= 0.3 is 0 Å². The van der Waals surface area contributed by atoms with Crippen LogP contribution in [0.15, 0.2) is 0 Å². The van der Waals surface area contributed by atoms with Crippen LogP contribution in [0.4, 0.5) is 0 Å². The molecule has 1 fully saturated rings. The average molecular weight is 264 g/mol. The predicted octanol–water partition coefficient (Wildman–Crippen LogP) is 2.71. The number of alkyl halides is 1. The van der Waals surface area contributed by atoms with E-state index in [1.165, 1.54) is 32.1 Å². The van der Waals surface area contributed by atoms with Crippen molar-refractivity contribution in [2.75, 3.05) is 18.5 Å². The van der Waals surface area contributed by atoms with Crippen LogP contribution in [0.5, 0.6) is 0 Å². The molecule has 14 heavy (non-hydrogen) atoms. The molecule has 2 unspecified atom stereocenters. The highest BCUT2D eigenvalue weighted by atomic mass is 79.9. The van der Waals surface area contributed by atoms with Gasteiger partial charge in [0.1, 0.15) is 0 Å². The van der Waals surface area contributed by atoms with E-state index in [-0.39, 0.29) is 0 Å². The van der Waals surface area contributed by atoms with Gasteiger partial charge in [-0.05, 0) is 38.6 Å². The van der Waals surface area contributed by atoms with Gasteiger partial charge in [0, 0.05) is 18.0 Å². The zero-order valence-electron chi connectivity index (χ0n) is 9.10. The lowest BCUT2D eigenvalue weighted by Crippen LogP contribution is -2.31. The first kappa shape index (κ1) is 12.5. The van der Waals surface area contributed by atoms with Crippen LogP contribution >= 0.6 is 15.9 Å². The second-order valence-electron chi connectivity index (χ2n) is 3.96. The van der Waals surface area contributed by atoms with E-state index in [9.17, 15) is 0 Å². The summed E-state index contributed by atoms with van der Waals surface area (Å²) in [6.45, 7) is 4.33. The standard InChI is InChI=1S/C11H22BrNO/c1-2-10(5-7-12)13-8-6-11-4-3-9-14-11/h10-11,13H,2-9H2,1H3. The second-order valence-corrected chi connectivity index (χ2v) is 4.75. The molecule has 2 atom stereocenters. The smallest absolute Gasteiger partial charge is 0.0588 e. The largest absolute Gasteiger partial charge is 0.378 e. The molecule has 0 aromatic rings. The van der Waals surface area contributed by atoms with Crippen LogP contribution in [0.25, 0.3) is 0 Å². The summed E-state index contributed by atoms with van der Waals surface area (Å²) in [5.74, 6) is 0. The minimum absolute atomic E-state index is 0.531. The van der Waals surface area contributed by atoms with Crippen molar-refractivity contribution in [1.82, 2.24) is 5.32 Å². The van der Waals surface area contributed by atoms with Crippen molar-refractivity contribution in [3.8, 4) is 0 Å². The molecular weight excluding hydrogens is 242 g/mol. The Balaban J connectivity index is 2.00. The number of hydrogen-bond acceptors (Lipinski definition) is 2. The van der Waals surface area contributed by atoms with E-state index in [0.29, 0.717) is 12.1 Å². The van der Waals surface area contributed by atoms with Gasteiger partial charge in [-0.3, -0.25) is 0 Å². The molecule has 0 amide bonds. The molecule has 1 aliphatic rings. The normalized spacial score (nSPS) is 24.0. The number of nitrogens with one attached hydrogen (secondary N) is 1. The van der Waals surface area contributed by atoms with Gasteiger partial charge in [0.15, 0.2) is 0 Å². The fourth-order valence-corrected chi connectivity index (χ4v) is 2.46. The van der Waals surface area contributed by atoms with Crippen molar-refractivity contribution in [2.45, 2.75) is 51.2 Å². The lowest BCUT2D eigenvalue weighted by Gasteiger charge is -2.17. The molecule has 0 saturated carbocycles. The van der Waals surface area contributed by atoms with E-state index < -0.39 is 0 Å². The molecule has 0 radical (unpaired) electrons. The summed E-state index contributed by atoms with van der Waals surface area (Å²) in [7, 11) is 0.